The number of carbonyl (C=O) groups is 1. The van der Waals surface area contributed by atoms with Crippen molar-refractivity contribution in [2.24, 2.45) is 0 Å². The maximum atomic E-state index is 12.7. The van der Waals surface area contributed by atoms with Crippen molar-refractivity contribution >= 4 is 17.4 Å². The number of nitrogens with zero attached hydrogens (tertiary/aromatic N) is 3. The lowest BCUT2D eigenvalue weighted by molar-refractivity contribution is 0.133. The third kappa shape index (κ3) is 4.56. The van der Waals surface area contributed by atoms with Crippen molar-refractivity contribution in [2.75, 3.05) is 56.6 Å². The maximum absolute atomic E-state index is 12.7. The van der Waals surface area contributed by atoms with E-state index in [4.69, 9.17) is 4.74 Å². The van der Waals surface area contributed by atoms with Gasteiger partial charge in [0.25, 0.3) is 0 Å². The molecule has 0 radical (unpaired) electrons. The minimum absolute atomic E-state index is 0.0454. The molecule has 2 heterocycles. The summed E-state index contributed by atoms with van der Waals surface area (Å²) in [6.45, 7) is 5.57. The number of methoxy groups -OCH3 is 1. The topological polar surface area (TPSA) is 48.1 Å². The van der Waals surface area contributed by atoms with Crippen molar-refractivity contribution in [2.45, 2.75) is 38.1 Å². The minimum atomic E-state index is -0.0454. The first kappa shape index (κ1) is 21.1. The number of hydrogen-bond donors (Lipinski definition) is 1. The molecular formula is C26H34N4O2. The van der Waals surface area contributed by atoms with Gasteiger partial charge in [0.15, 0.2) is 0 Å². The molecule has 0 unspecified atom stereocenters. The van der Waals surface area contributed by atoms with Gasteiger partial charge in [-0.1, -0.05) is 18.6 Å². The van der Waals surface area contributed by atoms with Gasteiger partial charge in [-0.15, -0.1) is 0 Å². The summed E-state index contributed by atoms with van der Waals surface area (Å²) in [6, 6.07) is 15.3. The summed E-state index contributed by atoms with van der Waals surface area (Å²) in [5.74, 6) is 0.742. The third-order valence-electron chi connectivity index (χ3n) is 7.37. The molecule has 1 aliphatic carbocycles. The quantitative estimate of drug-likeness (QED) is 0.790. The van der Waals surface area contributed by atoms with Crippen LogP contribution in [0.3, 0.4) is 0 Å². The molecule has 32 heavy (non-hydrogen) atoms. The van der Waals surface area contributed by atoms with Gasteiger partial charge >= 0.3 is 6.03 Å². The minimum Gasteiger partial charge on any atom is -0.497 e. The van der Waals surface area contributed by atoms with Gasteiger partial charge in [-0.3, -0.25) is 4.90 Å². The summed E-state index contributed by atoms with van der Waals surface area (Å²) in [5, 5.41) is 3.00. The Morgan fingerprint density at radius 1 is 0.938 bits per heavy atom. The largest absolute Gasteiger partial charge is 0.497 e. The van der Waals surface area contributed by atoms with Crippen LogP contribution in [0.4, 0.5) is 16.2 Å². The first-order chi connectivity index (χ1) is 15.7. The predicted octanol–water partition coefficient (Wildman–Crippen LogP) is 4.00. The number of rotatable bonds is 4. The van der Waals surface area contributed by atoms with Crippen molar-refractivity contribution in [1.29, 1.82) is 0 Å². The summed E-state index contributed by atoms with van der Waals surface area (Å²) in [6.07, 6.45) is 6.50. The molecule has 6 heteroatoms. The van der Waals surface area contributed by atoms with Crippen LogP contribution < -0.4 is 15.0 Å². The zero-order valence-electron chi connectivity index (χ0n) is 19.1. The second-order valence-electron chi connectivity index (χ2n) is 9.21. The number of amides is 2. The van der Waals surface area contributed by atoms with Gasteiger partial charge in [-0.25, -0.2) is 4.79 Å². The lowest BCUT2D eigenvalue weighted by Gasteiger charge is -2.36. The van der Waals surface area contributed by atoms with Gasteiger partial charge in [-0.05, 0) is 61.1 Å². The molecule has 0 atom stereocenters. The van der Waals surface area contributed by atoms with Crippen LogP contribution in [0, 0.1) is 0 Å². The molecule has 6 nitrogen and oxygen atoms in total. The zero-order chi connectivity index (χ0) is 21.9. The molecule has 3 aliphatic rings. The van der Waals surface area contributed by atoms with E-state index in [1.807, 2.05) is 29.2 Å². The second-order valence-corrected chi connectivity index (χ2v) is 9.21. The average molecular weight is 435 g/mol. The van der Waals surface area contributed by atoms with Crippen molar-refractivity contribution in [3.63, 3.8) is 0 Å². The Kier molecular flexibility index (Phi) is 6.21. The molecule has 2 amide bonds. The van der Waals surface area contributed by atoms with Crippen LogP contribution >= 0.6 is 0 Å². The number of fused-ring (bicyclic) bond motifs is 1. The Labute approximate surface area is 191 Å². The predicted molar refractivity (Wildman–Crippen MR) is 129 cm³/mol. The van der Waals surface area contributed by atoms with E-state index in [0.717, 1.165) is 50.1 Å². The first-order valence-corrected chi connectivity index (χ1v) is 12.0. The standard InChI is InChI=1S/C26H34N4O2/c1-32-25-7-2-4-22(19-25)27-26(31)30-16-14-29(15-17-30)24-9-8-20-10-12-28(23-5-3-6-23)13-11-21(20)18-24/h2,4,7-9,18-19,23H,3,5-6,10-17H2,1H3,(H,27,31). The Morgan fingerprint density at radius 3 is 2.44 bits per heavy atom. The molecule has 2 aromatic rings. The van der Waals surface area contributed by atoms with Crippen molar-refractivity contribution in [1.82, 2.24) is 9.80 Å². The van der Waals surface area contributed by atoms with Crippen LogP contribution in [0.2, 0.25) is 0 Å². The van der Waals surface area contributed by atoms with Crippen molar-refractivity contribution in [3.05, 3.63) is 53.6 Å². The summed E-state index contributed by atoms with van der Waals surface area (Å²) < 4.78 is 5.24. The lowest BCUT2D eigenvalue weighted by Crippen LogP contribution is -2.50. The van der Waals surface area contributed by atoms with Gasteiger partial charge in [-0.2, -0.15) is 0 Å². The number of nitrogens with one attached hydrogen (secondary N) is 1. The molecular weight excluding hydrogens is 400 g/mol. The van der Waals surface area contributed by atoms with E-state index in [2.05, 4.69) is 33.3 Å². The lowest BCUT2D eigenvalue weighted by atomic mass is 9.91. The van der Waals surface area contributed by atoms with Crippen LogP contribution in [-0.2, 0) is 12.8 Å². The molecule has 0 bridgehead atoms. The SMILES string of the molecule is COc1cccc(NC(=O)N2CCN(c3ccc4c(c3)CCN(C3CCC3)CC4)CC2)c1. The van der Waals surface area contributed by atoms with E-state index in [-0.39, 0.29) is 6.03 Å². The highest BCUT2D eigenvalue weighted by Gasteiger charge is 2.27. The maximum Gasteiger partial charge on any atom is 0.321 e. The molecule has 170 valence electrons. The number of carbonyl (C=O) groups excluding carboxylic acids is 1. The fourth-order valence-electron chi connectivity index (χ4n) is 5.11. The van der Waals surface area contributed by atoms with E-state index in [9.17, 15) is 4.79 Å². The Morgan fingerprint density at radius 2 is 1.72 bits per heavy atom. The van der Waals surface area contributed by atoms with E-state index in [1.54, 1.807) is 7.11 Å². The number of ether oxygens (including phenoxy) is 1. The molecule has 1 N–H and O–H groups in total. The van der Waals surface area contributed by atoms with Crippen LogP contribution in [0.25, 0.3) is 0 Å². The number of benzene rings is 2. The Hall–Kier alpha value is -2.73. The van der Waals surface area contributed by atoms with Gasteiger partial charge in [0, 0.05) is 62.8 Å². The average Bonchev–Trinajstić information content (AvgIpc) is 3.00. The van der Waals surface area contributed by atoms with Gasteiger partial charge in [0.1, 0.15) is 5.75 Å². The van der Waals surface area contributed by atoms with E-state index in [0.29, 0.717) is 0 Å². The van der Waals surface area contributed by atoms with Crippen LogP contribution in [-0.4, -0.2) is 68.3 Å². The molecule has 0 spiro atoms. The fraction of sp³-hybridized carbons (Fsp3) is 0.500. The number of hydrogen-bond acceptors (Lipinski definition) is 4. The number of piperazine rings is 1. The van der Waals surface area contributed by atoms with Crippen LogP contribution in [0.5, 0.6) is 5.75 Å². The molecule has 2 aromatic carbocycles. The zero-order valence-corrected chi connectivity index (χ0v) is 19.1. The summed E-state index contributed by atoms with van der Waals surface area (Å²) in [7, 11) is 1.63. The molecule has 1 saturated heterocycles. The highest BCUT2D eigenvalue weighted by atomic mass is 16.5. The first-order valence-electron chi connectivity index (χ1n) is 12.0. The normalized spacial score (nSPS) is 19.7. The summed E-state index contributed by atoms with van der Waals surface area (Å²) in [5.41, 5.74) is 5.10. The molecule has 2 aliphatic heterocycles. The molecule has 1 saturated carbocycles. The highest BCUT2D eigenvalue weighted by molar-refractivity contribution is 5.89. The van der Waals surface area contributed by atoms with Crippen LogP contribution in [0.1, 0.15) is 30.4 Å². The molecule has 5 rings (SSSR count). The van der Waals surface area contributed by atoms with E-state index < -0.39 is 0 Å². The summed E-state index contributed by atoms with van der Waals surface area (Å²) in [4.78, 5) is 19.7. The second kappa shape index (κ2) is 9.41. The smallest absolute Gasteiger partial charge is 0.321 e. The van der Waals surface area contributed by atoms with Gasteiger partial charge in [0.2, 0.25) is 0 Å². The van der Waals surface area contributed by atoms with Gasteiger partial charge < -0.3 is 19.9 Å². The van der Waals surface area contributed by atoms with Crippen molar-refractivity contribution in [3.8, 4) is 5.75 Å². The number of anilines is 2. The molecule has 0 aromatic heterocycles. The van der Waals surface area contributed by atoms with Gasteiger partial charge in [0.05, 0.1) is 7.11 Å². The van der Waals surface area contributed by atoms with E-state index >= 15 is 0 Å². The Balaban J connectivity index is 1.17. The fourth-order valence-corrected chi connectivity index (χ4v) is 5.11. The van der Waals surface area contributed by atoms with Crippen LogP contribution in [0.15, 0.2) is 42.5 Å². The summed E-state index contributed by atoms with van der Waals surface area (Å²) >= 11 is 0. The highest BCUT2D eigenvalue weighted by Crippen LogP contribution is 2.29. The monoisotopic (exact) mass is 434 g/mol. The third-order valence-corrected chi connectivity index (χ3v) is 7.37. The Bertz CT molecular complexity index is 951. The van der Waals surface area contributed by atoms with Crippen molar-refractivity contribution < 1.29 is 9.53 Å². The molecule has 2 fully saturated rings. The van der Waals surface area contributed by atoms with E-state index in [1.165, 1.54) is 55.6 Å². The number of urea groups is 1.